The number of nitrogens with zero attached hydrogens (tertiary/aromatic N) is 1. The van der Waals surface area contributed by atoms with Gasteiger partial charge in [0.15, 0.2) is 0 Å². The minimum absolute atomic E-state index is 0.0657. The Labute approximate surface area is 81.7 Å². The zero-order valence-corrected chi connectivity index (χ0v) is 8.55. The maximum atomic E-state index is 5.44. The van der Waals surface area contributed by atoms with Gasteiger partial charge in [-0.2, -0.15) is 0 Å². The van der Waals surface area contributed by atoms with Crippen molar-refractivity contribution in [2.75, 3.05) is 6.54 Å². The monoisotopic (exact) mass is 216 g/mol. The molecule has 0 heterocycles. The summed E-state index contributed by atoms with van der Waals surface area (Å²) in [6.07, 6.45) is 2.01. The van der Waals surface area contributed by atoms with Gasteiger partial charge >= 0.3 is 0 Å². The average Bonchev–Trinajstić information content (AvgIpc) is 1.86. The number of hydrogen-bond donors (Lipinski definition) is 1. The molecule has 0 aliphatic rings. The molecule has 66 valence electrons. The van der Waals surface area contributed by atoms with E-state index in [1.807, 2.05) is 0 Å². The van der Waals surface area contributed by atoms with Crippen molar-refractivity contribution in [3.8, 4) is 0 Å². The van der Waals surface area contributed by atoms with E-state index in [0.717, 1.165) is 12.8 Å². The molecule has 0 bridgehead atoms. The lowest BCUT2D eigenvalue weighted by Gasteiger charge is -2.08. The fraction of sp³-hybridized carbons (Fsp3) is 0.833. The molecule has 0 amide bonds. The summed E-state index contributed by atoms with van der Waals surface area (Å²) in [4.78, 5) is 3.88. The maximum Gasteiger partial charge on any atom is 0.247 e. The van der Waals surface area contributed by atoms with Gasteiger partial charge in [-0.05, 0) is 6.42 Å². The molecule has 0 saturated carbocycles. The van der Waals surface area contributed by atoms with Gasteiger partial charge in [0.25, 0.3) is 0 Å². The van der Waals surface area contributed by atoms with Crippen LogP contribution in [0.1, 0.15) is 19.8 Å². The van der Waals surface area contributed by atoms with Gasteiger partial charge in [0.2, 0.25) is 3.79 Å². The smallest absolute Gasteiger partial charge is 0.247 e. The highest BCUT2D eigenvalue weighted by atomic mass is 35.6. The minimum Gasteiger partial charge on any atom is -0.384 e. The second kappa shape index (κ2) is 5.07. The molecule has 0 aliphatic heterocycles. The van der Waals surface area contributed by atoms with E-state index in [1.165, 1.54) is 0 Å². The summed E-state index contributed by atoms with van der Waals surface area (Å²) in [7, 11) is 0. The van der Waals surface area contributed by atoms with Gasteiger partial charge in [0.1, 0.15) is 5.84 Å². The number of alkyl halides is 3. The highest BCUT2D eigenvalue weighted by molar-refractivity contribution is 6.76. The van der Waals surface area contributed by atoms with Gasteiger partial charge in [-0.25, -0.2) is 0 Å². The summed E-state index contributed by atoms with van der Waals surface area (Å²) in [5, 5.41) is 0. The lowest BCUT2D eigenvalue weighted by atomic mass is 10.3. The van der Waals surface area contributed by atoms with E-state index in [9.17, 15) is 0 Å². The summed E-state index contributed by atoms with van der Waals surface area (Å²) in [5.41, 5.74) is 5.35. The summed E-state index contributed by atoms with van der Waals surface area (Å²) >= 11 is 16.3. The molecule has 2 N–H and O–H groups in total. The normalized spacial score (nSPS) is 13.6. The van der Waals surface area contributed by atoms with Crippen LogP contribution in [0.25, 0.3) is 0 Å². The summed E-state index contributed by atoms with van der Waals surface area (Å²) < 4.78 is -1.55. The van der Waals surface area contributed by atoms with Crippen molar-refractivity contribution < 1.29 is 0 Å². The summed E-state index contributed by atoms with van der Waals surface area (Å²) in [6.45, 7) is 2.68. The van der Waals surface area contributed by atoms with E-state index < -0.39 is 3.79 Å². The van der Waals surface area contributed by atoms with Crippen molar-refractivity contribution in [3.63, 3.8) is 0 Å². The zero-order chi connectivity index (χ0) is 8.91. The van der Waals surface area contributed by atoms with Gasteiger partial charge in [-0.3, -0.25) is 4.99 Å². The van der Waals surface area contributed by atoms with Crippen molar-refractivity contribution in [2.24, 2.45) is 10.7 Å². The second-order valence-corrected chi connectivity index (χ2v) is 4.40. The van der Waals surface area contributed by atoms with E-state index in [-0.39, 0.29) is 5.84 Å². The summed E-state index contributed by atoms with van der Waals surface area (Å²) in [6, 6.07) is 0. The van der Waals surface area contributed by atoms with Crippen LogP contribution in [0.2, 0.25) is 0 Å². The molecule has 11 heavy (non-hydrogen) atoms. The Morgan fingerprint density at radius 1 is 1.45 bits per heavy atom. The predicted octanol–water partition coefficient (Wildman–Crippen LogP) is 2.51. The third kappa shape index (κ3) is 5.59. The molecule has 5 heteroatoms. The standard InChI is InChI=1S/C6H11Cl3N2/c1-2-3-4-11-5(10)6(7,8)9/h2-4H2,1H3,(H2,10,11). The molecule has 0 aromatic heterocycles. The van der Waals surface area contributed by atoms with Crippen molar-refractivity contribution in [1.29, 1.82) is 0 Å². The van der Waals surface area contributed by atoms with Gasteiger partial charge in [-0.15, -0.1) is 0 Å². The Kier molecular flexibility index (Phi) is 5.23. The summed E-state index contributed by atoms with van der Waals surface area (Å²) in [5.74, 6) is 0.0657. The average molecular weight is 218 g/mol. The van der Waals surface area contributed by atoms with Gasteiger partial charge in [0.05, 0.1) is 0 Å². The van der Waals surface area contributed by atoms with Crippen LogP contribution in [0, 0.1) is 0 Å². The number of halogens is 3. The molecule has 0 aliphatic carbocycles. The first-order chi connectivity index (χ1) is 4.98. The maximum absolute atomic E-state index is 5.44. The lowest BCUT2D eigenvalue weighted by molar-refractivity contribution is 0.806. The van der Waals surface area contributed by atoms with Crippen LogP contribution in [-0.4, -0.2) is 16.2 Å². The van der Waals surface area contributed by atoms with Crippen LogP contribution in [0.3, 0.4) is 0 Å². The fourth-order valence-electron chi connectivity index (χ4n) is 0.447. The molecule has 0 unspecified atom stereocenters. The Morgan fingerprint density at radius 2 is 2.00 bits per heavy atom. The molecule has 0 aromatic rings. The Morgan fingerprint density at radius 3 is 2.36 bits per heavy atom. The minimum atomic E-state index is -1.55. The quantitative estimate of drug-likeness (QED) is 0.335. The first-order valence-electron chi connectivity index (χ1n) is 3.35. The van der Waals surface area contributed by atoms with Crippen LogP contribution in [0.4, 0.5) is 0 Å². The number of amidine groups is 1. The SMILES string of the molecule is CCCCN=C(N)C(Cl)(Cl)Cl. The molecule has 0 atom stereocenters. The molecule has 0 fully saturated rings. The van der Waals surface area contributed by atoms with Crippen molar-refractivity contribution in [1.82, 2.24) is 0 Å². The second-order valence-electron chi connectivity index (χ2n) is 2.12. The van der Waals surface area contributed by atoms with E-state index >= 15 is 0 Å². The van der Waals surface area contributed by atoms with Crippen LogP contribution < -0.4 is 5.73 Å². The molecule has 0 radical (unpaired) electrons. The van der Waals surface area contributed by atoms with Crippen molar-refractivity contribution in [3.05, 3.63) is 0 Å². The van der Waals surface area contributed by atoms with Crippen LogP contribution >= 0.6 is 34.8 Å². The number of unbranched alkanes of at least 4 members (excludes halogenated alkanes) is 1. The van der Waals surface area contributed by atoms with E-state index in [0.29, 0.717) is 6.54 Å². The van der Waals surface area contributed by atoms with Gasteiger partial charge in [-0.1, -0.05) is 48.1 Å². The molecule has 2 nitrogen and oxygen atoms in total. The molecule has 0 rings (SSSR count). The number of rotatable bonds is 3. The fourth-order valence-corrected chi connectivity index (χ4v) is 0.627. The molecular formula is C6H11Cl3N2. The first-order valence-corrected chi connectivity index (χ1v) is 4.49. The first kappa shape index (κ1) is 11.3. The van der Waals surface area contributed by atoms with Crippen LogP contribution in [-0.2, 0) is 0 Å². The number of aliphatic imine (C=N–C) groups is 1. The lowest BCUT2D eigenvalue weighted by Crippen LogP contribution is -2.28. The highest BCUT2D eigenvalue weighted by Crippen LogP contribution is 2.25. The third-order valence-electron chi connectivity index (χ3n) is 1.08. The third-order valence-corrected chi connectivity index (χ3v) is 1.67. The molecule has 0 saturated heterocycles. The van der Waals surface area contributed by atoms with Gasteiger partial charge < -0.3 is 5.73 Å². The van der Waals surface area contributed by atoms with Crippen molar-refractivity contribution >= 4 is 40.6 Å². The number of nitrogens with two attached hydrogens (primary N) is 1. The number of hydrogen-bond acceptors (Lipinski definition) is 1. The Hall–Kier alpha value is 0.340. The van der Waals surface area contributed by atoms with Crippen molar-refractivity contribution in [2.45, 2.75) is 23.6 Å². The topological polar surface area (TPSA) is 38.4 Å². The van der Waals surface area contributed by atoms with Crippen LogP contribution in [0.15, 0.2) is 4.99 Å². The van der Waals surface area contributed by atoms with E-state index in [1.54, 1.807) is 0 Å². The highest BCUT2D eigenvalue weighted by Gasteiger charge is 2.24. The predicted molar refractivity (Wildman–Crippen MR) is 51.7 cm³/mol. The largest absolute Gasteiger partial charge is 0.384 e. The molecular weight excluding hydrogens is 206 g/mol. The molecule has 0 aromatic carbocycles. The van der Waals surface area contributed by atoms with Crippen LogP contribution in [0.5, 0.6) is 0 Å². The van der Waals surface area contributed by atoms with E-state index in [2.05, 4.69) is 11.9 Å². The zero-order valence-electron chi connectivity index (χ0n) is 6.28. The van der Waals surface area contributed by atoms with Gasteiger partial charge in [0, 0.05) is 6.54 Å². The Bertz CT molecular complexity index is 139. The van der Waals surface area contributed by atoms with E-state index in [4.69, 9.17) is 40.5 Å². The Balaban J connectivity index is 3.81. The molecule has 0 spiro atoms.